The van der Waals surface area contributed by atoms with Gasteiger partial charge in [0.1, 0.15) is 0 Å². The lowest BCUT2D eigenvalue weighted by atomic mass is 10.00. The van der Waals surface area contributed by atoms with Gasteiger partial charge < -0.3 is 5.32 Å². The summed E-state index contributed by atoms with van der Waals surface area (Å²) in [5, 5.41) is 3.25. The van der Waals surface area contributed by atoms with Crippen LogP contribution in [0.15, 0.2) is 0 Å². The van der Waals surface area contributed by atoms with Gasteiger partial charge in [0.25, 0.3) is 0 Å². The quantitative estimate of drug-likeness (QED) is 0.639. The molecule has 2 fully saturated rings. The van der Waals surface area contributed by atoms with E-state index in [-0.39, 0.29) is 0 Å². The monoisotopic (exact) mass is 154 g/mol. The lowest BCUT2D eigenvalue weighted by molar-refractivity contribution is 0.148. The first-order chi connectivity index (χ1) is 5.40. The zero-order valence-corrected chi connectivity index (χ0v) is 7.34. The number of nitrogens with one attached hydrogen (secondary N) is 1. The molecule has 0 aromatic carbocycles. The molecule has 0 spiro atoms. The zero-order chi connectivity index (χ0) is 7.68. The number of nitrogens with zero attached hydrogens (tertiary/aromatic N) is 1. The molecule has 1 N–H and O–H groups in total. The lowest BCUT2D eigenvalue weighted by Gasteiger charge is -2.32. The highest BCUT2D eigenvalue weighted by molar-refractivity contribution is 4.87. The van der Waals surface area contributed by atoms with E-state index in [0.29, 0.717) is 0 Å². The molecule has 0 amide bonds. The summed E-state index contributed by atoms with van der Waals surface area (Å²) in [7, 11) is 2.04. The minimum Gasteiger partial charge on any atom is -0.307 e. The average molecular weight is 154 g/mol. The maximum Gasteiger partial charge on any atom is 0.0480 e. The molecule has 64 valence electrons. The molecule has 1 heterocycles. The molecule has 1 saturated carbocycles. The van der Waals surface area contributed by atoms with E-state index in [9.17, 15) is 0 Å². The van der Waals surface area contributed by atoms with Gasteiger partial charge in [-0.05, 0) is 45.2 Å². The Bertz CT molecular complexity index is 136. The highest BCUT2D eigenvalue weighted by Gasteiger charge is 2.33. The molecule has 1 saturated heterocycles. The minimum absolute atomic E-state index is 0.918. The summed E-state index contributed by atoms with van der Waals surface area (Å²) in [5.74, 6) is 1.08. The van der Waals surface area contributed by atoms with Gasteiger partial charge in [-0.25, -0.2) is 0 Å². The van der Waals surface area contributed by atoms with Crippen molar-refractivity contribution in [2.75, 3.05) is 20.3 Å². The maximum atomic E-state index is 3.25. The van der Waals surface area contributed by atoms with Crippen molar-refractivity contribution >= 4 is 0 Å². The van der Waals surface area contributed by atoms with Crippen LogP contribution in [0.25, 0.3) is 0 Å². The Balaban J connectivity index is 1.91. The summed E-state index contributed by atoms with van der Waals surface area (Å²) < 4.78 is 0. The standard InChI is InChI=1S/C9H18N2/c1-10-7-11-5-4-8-2-3-9(11)6-8/h8-10H,2-7H2,1H3. The van der Waals surface area contributed by atoms with Crippen LogP contribution >= 0.6 is 0 Å². The van der Waals surface area contributed by atoms with Crippen molar-refractivity contribution in [1.82, 2.24) is 10.2 Å². The molecule has 0 radical (unpaired) electrons. The van der Waals surface area contributed by atoms with Crippen LogP contribution < -0.4 is 5.32 Å². The van der Waals surface area contributed by atoms with Gasteiger partial charge in [0.05, 0.1) is 0 Å². The van der Waals surface area contributed by atoms with Crippen LogP contribution in [-0.4, -0.2) is 31.2 Å². The lowest BCUT2D eigenvalue weighted by Crippen LogP contribution is -2.42. The number of hydrogen-bond acceptors (Lipinski definition) is 2. The van der Waals surface area contributed by atoms with Crippen LogP contribution in [0.4, 0.5) is 0 Å². The Hall–Kier alpha value is -0.0800. The molecular weight excluding hydrogens is 136 g/mol. The second-order valence-electron chi connectivity index (χ2n) is 3.95. The summed E-state index contributed by atoms with van der Waals surface area (Å²) >= 11 is 0. The molecule has 0 aromatic rings. The Morgan fingerprint density at radius 3 is 3.09 bits per heavy atom. The van der Waals surface area contributed by atoms with Crippen LogP contribution in [0.2, 0.25) is 0 Å². The van der Waals surface area contributed by atoms with E-state index in [4.69, 9.17) is 0 Å². The molecule has 2 bridgehead atoms. The smallest absolute Gasteiger partial charge is 0.0480 e. The van der Waals surface area contributed by atoms with Crippen molar-refractivity contribution in [1.29, 1.82) is 0 Å². The third kappa shape index (κ3) is 1.42. The molecular formula is C9H18N2. The molecule has 2 heteroatoms. The van der Waals surface area contributed by atoms with Gasteiger partial charge in [-0.2, -0.15) is 0 Å². The molecule has 1 aliphatic carbocycles. The van der Waals surface area contributed by atoms with Crippen molar-refractivity contribution in [3.8, 4) is 0 Å². The number of hydrogen-bond donors (Lipinski definition) is 1. The van der Waals surface area contributed by atoms with Gasteiger partial charge in [-0.15, -0.1) is 0 Å². The second kappa shape index (κ2) is 3.11. The van der Waals surface area contributed by atoms with Crippen LogP contribution in [-0.2, 0) is 0 Å². The van der Waals surface area contributed by atoms with Gasteiger partial charge in [0.15, 0.2) is 0 Å². The van der Waals surface area contributed by atoms with Gasteiger partial charge in [-0.1, -0.05) is 0 Å². The summed E-state index contributed by atoms with van der Waals surface area (Å²) in [6.07, 6.45) is 5.86. The van der Waals surface area contributed by atoms with E-state index in [1.54, 1.807) is 0 Å². The van der Waals surface area contributed by atoms with E-state index in [1.807, 2.05) is 7.05 Å². The largest absolute Gasteiger partial charge is 0.307 e. The van der Waals surface area contributed by atoms with E-state index in [0.717, 1.165) is 18.6 Å². The first-order valence-corrected chi connectivity index (χ1v) is 4.79. The first kappa shape index (κ1) is 7.56. The predicted octanol–water partition coefficient (Wildman–Crippen LogP) is 1.04. The van der Waals surface area contributed by atoms with Gasteiger partial charge in [-0.3, -0.25) is 4.90 Å². The first-order valence-electron chi connectivity index (χ1n) is 4.79. The SMILES string of the molecule is CNCN1CCC2CCC1C2. The summed E-state index contributed by atoms with van der Waals surface area (Å²) in [4.78, 5) is 2.60. The number of piperidine rings is 1. The molecule has 1 aliphatic heterocycles. The maximum absolute atomic E-state index is 3.25. The molecule has 11 heavy (non-hydrogen) atoms. The fraction of sp³-hybridized carbons (Fsp3) is 1.00. The van der Waals surface area contributed by atoms with Crippen LogP contribution in [0.1, 0.15) is 25.7 Å². The van der Waals surface area contributed by atoms with Crippen molar-refractivity contribution in [2.24, 2.45) is 5.92 Å². The molecule has 2 rings (SSSR count). The Kier molecular flexibility index (Phi) is 2.14. The van der Waals surface area contributed by atoms with Gasteiger partial charge in [0.2, 0.25) is 0 Å². The number of likely N-dealkylation sites (tertiary alicyclic amines) is 1. The fourth-order valence-corrected chi connectivity index (χ4v) is 2.58. The zero-order valence-electron chi connectivity index (χ0n) is 7.34. The summed E-state index contributed by atoms with van der Waals surface area (Å²) in [5.41, 5.74) is 0. The molecule has 0 aromatic heterocycles. The van der Waals surface area contributed by atoms with Crippen LogP contribution in [0.5, 0.6) is 0 Å². The normalized spacial score (nSPS) is 37.9. The van der Waals surface area contributed by atoms with Crippen LogP contribution in [0.3, 0.4) is 0 Å². The number of fused-ring (bicyclic) bond motifs is 2. The molecule has 2 nitrogen and oxygen atoms in total. The molecule has 2 atom stereocenters. The molecule has 2 aliphatic rings. The van der Waals surface area contributed by atoms with E-state index < -0.39 is 0 Å². The minimum atomic E-state index is 0.918. The third-order valence-electron chi connectivity index (χ3n) is 3.22. The number of rotatable bonds is 2. The van der Waals surface area contributed by atoms with E-state index >= 15 is 0 Å². The fourth-order valence-electron chi connectivity index (χ4n) is 2.58. The Morgan fingerprint density at radius 1 is 1.36 bits per heavy atom. The van der Waals surface area contributed by atoms with Crippen molar-refractivity contribution in [3.63, 3.8) is 0 Å². The summed E-state index contributed by atoms with van der Waals surface area (Å²) in [6, 6.07) is 0.918. The second-order valence-corrected chi connectivity index (χ2v) is 3.95. The highest BCUT2D eigenvalue weighted by atomic mass is 15.2. The Labute approximate surface area is 69.0 Å². The predicted molar refractivity (Wildman–Crippen MR) is 46.4 cm³/mol. The average Bonchev–Trinajstić information content (AvgIpc) is 2.40. The van der Waals surface area contributed by atoms with Crippen molar-refractivity contribution in [2.45, 2.75) is 31.7 Å². The van der Waals surface area contributed by atoms with Crippen molar-refractivity contribution in [3.05, 3.63) is 0 Å². The third-order valence-corrected chi connectivity index (χ3v) is 3.22. The van der Waals surface area contributed by atoms with E-state index in [1.165, 1.54) is 32.2 Å². The van der Waals surface area contributed by atoms with Gasteiger partial charge in [0, 0.05) is 12.7 Å². The summed E-state index contributed by atoms with van der Waals surface area (Å²) in [6.45, 7) is 2.42. The van der Waals surface area contributed by atoms with Gasteiger partial charge >= 0.3 is 0 Å². The molecule has 2 unspecified atom stereocenters. The van der Waals surface area contributed by atoms with Crippen LogP contribution in [0, 0.1) is 5.92 Å². The highest BCUT2D eigenvalue weighted by Crippen LogP contribution is 2.35. The van der Waals surface area contributed by atoms with E-state index in [2.05, 4.69) is 10.2 Å². The van der Waals surface area contributed by atoms with Crippen molar-refractivity contribution < 1.29 is 0 Å². The Morgan fingerprint density at radius 2 is 2.27 bits per heavy atom. The topological polar surface area (TPSA) is 15.3 Å².